The van der Waals surface area contributed by atoms with E-state index in [2.05, 4.69) is 13.8 Å². The van der Waals surface area contributed by atoms with E-state index in [4.69, 9.17) is 28.4 Å². The Kier molecular flexibility index (Phi) is 23.5. The molecule has 0 aliphatic carbocycles. The molecular formula is C36H66O15. The van der Waals surface area contributed by atoms with E-state index in [1.54, 1.807) is 0 Å². The van der Waals surface area contributed by atoms with Gasteiger partial charge in [-0.15, -0.1) is 0 Å². The smallest absolute Gasteiger partial charge is 0.306 e. The average Bonchev–Trinajstić information content (AvgIpc) is 3.12. The van der Waals surface area contributed by atoms with Crippen molar-refractivity contribution in [2.75, 3.05) is 26.4 Å². The Balaban J connectivity index is 1.91. The van der Waals surface area contributed by atoms with E-state index in [1.807, 2.05) is 0 Å². The molecule has 0 aromatic heterocycles. The summed E-state index contributed by atoms with van der Waals surface area (Å²) in [6.07, 6.45) is -0.640. The number of carbonyl (C=O) groups is 2. The Morgan fingerprint density at radius 2 is 1.00 bits per heavy atom. The van der Waals surface area contributed by atoms with Crippen LogP contribution in [0.1, 0.15) is 123 Å². The van der Waals surface area contributed by atoms with Gasteiger partial charge in [-0.2, -0.15) is 0 Å². The number of hydrogen-bond donors (Lipinski definition) is 7. The Labute approximate surface area is 302 Å². The van der Waals surface area contributed by atoms with Crippen LogP contribution in [0.25, 0.3) is 0 Å². The van der Waals surface area contributed by atoms with Crippen LogP contribution in [-0.2, 0) is 38.0 Å². The van der Waals surface area contributed by atoms with Crippen LogP contribution in [0.2, 0.25) is 0 Å². The fourth-order valence-corrected chi connectivity index (χ4v) is 6.04. The van der Waals surface area contributed by atoms with Gasteiger partial charge in [0.1, 0.15) is 55.4 Å². The summed E-state index contributed by atoms with van der Waals surface area (Å²) >= 11 is 0. The zero-order valence-corrected chi connectivity index (χ0v) is 30.6. The number of unbranched alkanes of at least 4 members (excludes halogenated alkanes) is 13. The fraction of sp³-hybridized carbons (Fsp3) is 0.944. The molecule has 2 fully saturated rings. The summed E-state index contributed by atoms with van der Waals surface area (Å²) in [5.41, 5.74) is 0. The second-order valence-corrected chi connectivity index (χ2v) is 13.8. The second kappa shape index (κ2) is 26.3. The Morgan fingerprint density at radius 1 is 0.549 bits per heavy atom. The maximum absolute atomic E-state index is 12.7. The van der Waals surface area contributed by atoms with Crippen molar-refractivity contribution in [3.05, 3.63) is 0 Å². The molecule has 2 heterocycles. The van der Waals surface area contributed by atoms with Crippen molar-refractivity contribution in [1.82, 2.24) is 0 Å². The molecule has 15 heteroatoms. The van der Waals surface area contributed by atoms with Gasteiger partial charge in [0.2, 0.25) is 0 Å². The van der Waals surface area contributed by atoms with Crippen LogP contribution in [-0.4, -0.2) is 142 Å². The van der Waals surface area contributed by atoms with Crippen LogP contribution in [0.4, 0.5) is 0 Å². The molecular weight excluding hydrogens is 672 g/mol. The standard InChI is InChI=1S/C36H66O15/c1-3-5-7-9-11-12-13-15-16-18-27(38)46-21-24(49-28(39)19-17-14-10-8-6-4-2)22-47-35-34(45)32(43)30(41)26(51-35)23-48-36-33(44)31(42)29(40)25(20-37)50-36/h24-26,29-37,40-45H,3-23H2,1-2H3/t24-,25-,26-,29+,30+,31+,32+,33-,34-,35-,36+/m1/s1. The van der Waals surface area contributed by atoms with Crippen LogP contribution in [0, 0.1) is 0 Å². The highest BCUT2D eigenvalue weighted by Gasteiger charge is 2.47. The van der Waals surface area contributed by atoms with E-state index in [1.165, 1.54) is 32.1 Å². The van der Waals surface area contributed by atoms with E-state index in [0.29, 0.717) is 12.8 Å². The lowest BCUT2D eigenvalue weighted by Crippen LogP contribution is -2.61. The first kappa shape index (κ1) is 45.7. The van der Waals surface area contributed by atoms with Crippen molar-refractivity contribution in [2.24, 2.45) is 0 Å². The maximum atomic E-state index is 12.7. The van der Waals surface area contributed by atoms with E-state index in [9.17, 15) is 45.3 Å². The molecule has 0 aromatic carbocycles. The zero-order chi connectivity index (χ0) is 37.6. The van der Waals surface area contributed by atoms with Crippen molar-refractivity contribution in [3.63, 3.8) is 0 Å². The molecule has 15 nitrogen and oxygen atoms in total. The van der Waals surface area contributed by atoms with Crippen molar-refractivity contribution in [3.8, 4) is 0 Å². The van der Waals surface area contributed by atoms with Crippen molar-refractivity contribution < 1.29 is 73.8 Å². The van der Waals surface area contributed by atoms with Gasteiger partial charge in [-0.05, 0) is 12.8 Å². The van der Waals surface area contributed by atoms with Crippen LogP contribution in [0.5, 0.6) is 0 Å². The molecule has 51 heavy (non-hydrogen) atoms. The van der Waals surface area contributed by atoms with Gasteiger partial charge in [-0.3, -0.25) is 9.59 Å². The van der Waals surface area contributed by atoms with E-state index >= 15 is 0 Å². The Hall–Kier alpha value is -1.50. The average molecular weight is 739 g/mol. The molecule has 2 aliphatic rings. The number of hydrogen-bond acceptors (Lipinski definition) is 15. The molecule has 300 valence electrons. The second-order valence-electron chi connectivity index (χ2n) is 13.8. The third kappa shape index (κ3) is 17.0. The van der Waals surface area contributed by atoms with Crippen LogP contribution < -0.4 is 0 Å². The molecule has 0 radical (unpaired) electrons. The monoisotopic (exact) mass is 738 g/mol. The highest BCUT2D eigenvalue weighted by molar-refractivity contribution is 5.70. The summed E-state index contributed by atoms with van der Waals surface area (Å²) in [4.78, 5) is 25.2. The predicted molar refractivity (Wildman–Crippen MR) is 183 cm³/mol. The quantitative estimate of drug-likeness (QED) is 0.0470. The minimum atomic E-state index is -1.75. The normalized spacial score (nSPS) is 30.2. The predicted octanol–water partition coefficient (Wildman–Crippen LogP) is 1.75. The third-order valence-electron chi connectivity index (χ3n) is 9.34. The van der Waals surface area contributed by atoms with Gasteiger partial charge in [0.05, 0.1) is 19.8 Å². The van der Waals surface area contributed by atoms with E-state index in [-0.39, 0.29) is 26.1 Å². The van der Waals surface area contributed by atoms with E-state index in [0.717, 1.165) is 51.4 Å². The number of aliphatic hydroxyl groups excluding tert-OH is 7. The van der Waals surface area contributed by atoms with Crippen molar-refractivity contribution in [2.45, 2.75) is 191 Å². The van der Waals surface area contributed by atoms with Gasteiger partial charge >= 0.3 is 11.9 Å². The summed E-state index contributed by atoms with van der Waals surface area (Å²) < 4.78 is 33.1. The highest BCUT2D eigenvalue weighted by atomic mass is 16.7. The molecule has 0 amide bonds. The molecule has 2 rings (SSSR count). The van der Waals surface area contributed by atoms with Crippen molar-refractivity contribution in [1.29, 1.82) is 0 Å². The fourth-order valence-electron chi connectivity index (χ4n) is 6.04. The minimum absolute atomic E-state index is 0.167. The third-order valence-corrected chi connectivity index (χ3v) is 9.34. The van der Waals surface area contributed by atoms with Crippen LogP contribution in [0.15, 0.2) is 0 Å². The molecule has 11 atom stereocenters. The first-order chi connectivity index (χ1) is 24.5. The van der Waals surface area contributed by atoms with Gasteiger partial charge < -0.3 is 64.2 Å². The molecule has 0 aromatic rings. The summed E-state index contributed by atoms with van der Waals surface area (Å²) in [5.74, 6) is -0.937. The number of ether oxygens (including phenoxy) is 6. The minimum Gasteiger partial charge on any atom is -0.462 e. The summed E-state index contributed by atoms with van der Waals surface area (Å²) in [5, 5.41) is 71.3. The number of carbonyl (C=O) groups excluding carboxylic acids is 2. The number of aliphatic hydroxyl groups is 7. The van der Waals surface area contributed by atoms with Gasteiger partial charge in [0.25, 0.3) is 0 Å². The van der Waals surface area contributed by atoms with Gasteiger partial charge in [0, 0.05) is 12.8 Å². The number of esters is 2. The largest absolute Gasteiger partial charge is 0.462 e. The number of rotatable bonds is 27. The maximum Gasteiger partial charge on any atom is 0.306 e. The Bertz CT molecular complexity index is 923. The van der Waals surface area contributed by atoms with E-state index < -0.39 is 92.7 Å². The van der Waals surface area contributed by atoms with Crippen LogP contribution in [0.3, 0.4) is 0 Å². The Morgan fingerprint density at radius 3 is 1.53 bits per heavy atom. The molecule has 0 unspecified atom stereocenters. The topological polar surface area (TPSA) is 231 Å². The highest BCUT2D eigenvalue weighted by Crippen LogP contribution is 2.26. The lowest BCUT2D eigenvalue weighted by atomic mass is 9.98. The molecule has 7 N–H and O–H groups in total. The summed E-state index contributed by atoms with van der Waals surface area (Å²) in [6, 6.07) is 0. The molecule has 2 aliphatic heterocycles. The SMILES string of the molecule is CCCCCCCCCCCC(=O)OC[C@H](CO[C@@H]1O[C@H](CO[C@H]2O[C@H](CO)[C@H](O)[C@H](O)[C@H]2O)[C@H](O)[C@H](O)[C@H]1O)OC(=O)CCCCCCCC. The molecule has 0 spiro atoms. The summed E-state index contributed by atoms with van der Waals surface area (Å²) in [7, 11) is 0. The zero-order valence-electron chi connectivity index (χ0n) is 30.6. The van der Waals surface area contributed by atoms with Gasteiger partial charge in [-0.25, -0.2) is 0 Å². The lowest BCUT2D eigenvalue weighted by Gasteiger charge is -2.42. The molecule has 0 saturated carbocycles. The van der Waals surface area contributed by atoms with Crippen molar-refractivity contribution >= 4 is 11.9 Å². The van der Waals surface area contributed by atoms with Crippen LogP contribution >= 0.6 is 0 Å². The van der Waals surface area contributed by atoms with Gasteiger partial charge in [0.15, 0.2) is 18.7 Å². The van der Waals surface area contributed by atoms with Gasteiger partial charge in [-0.1, -0.05) is 97.3 Å². The molecule has 2 saturated heterocycles. The lowest BCUT2D eigenvalue weighted by molar-refractivity contribution is -0.332. The first-order valence-electron chi connectivity index (χ1n) is 19.1. The first-order valence-corrected chi connectivity index (χ1v) is 19.1. The molecule has 0 bridgehead atoms. The summed E-state index contributed by atoms with van der Waals surface area (Å²) in [6.45, 7) is 2.44.